The molecule has 0 bridgehead atoms. The number of primary amides is 1. The second kappa shape index (κ2) is 5.97. The second-order valence-corrected chi connectivity index (χ2v) is 4.52. The predicted octanol–water partition coefficient (Wildman–Crippen LogP) is 1.74. The summed E-state index contributed by atoms with van der Waals surface area (Å²) >= 11 is 0. The topological polar surface area (TPSA) is 95.6 Å². The number of rotatable bonds is 5. The largest absolute Gasteiger partial charge is 0.504 e. The highest BCUT2D eigenvalue weighted by atomic mass is 16.3. The minimum atomic E-state index is -0.356. The Hall–Kier alpha value is -2.69. The van der Waals surface area contributed by atoms with Gasteiger partial charge >= 0.3 is 0 Å². The van der Waals surface area contributed by atoms with Crippen LogP contribution in [0, 0.1) is 0 Å². The van der Waals surface area contributed by atoms with E-state index in [2.05, 4.69) is 5.32 Å². The van der Waals surface area contributed by atoms with Crippen LogP contribution in [0.3, 0.4) is 0 Å². The molecule has 0 aromatic heterocycles. The van der Waals surface area contributed by atoms with Crippen molar-refractivity contribution in [3.63, 3.8) is 0 Å². The molecule has 0 aliphatic heterocycles. The predicted molar refractivity (Wildman–Crippen MR) is 76.4 cm³/mol. The fourth-order valence-electron chi connectivity index (χ4n) is 1.82. The van der Waals surface area contributed by atoms with Crippen molar-refractivity contribution >= 4 is 11.6 Å². The summed E-state index contributed by atoms with van der Waals surface area (Å²) < 4.78 is 0. The number of hydrogen-bond donors (Lipinski definition) is 4. The molecule has 2 aromatic rings. The Labute approximate surface area is 116 Å². The first-order valence-electron chi connectivity index (χ1n) is 6.16. The molecule has 0 radical (unpaired) electrons. The van der Waals surface area contributed by atoms with E-state index in [9.17, 15) is 15.0 Å². The molecule has 0 aliphatic rings. The number of carbonyl (C=O) groups excluding carboxylic acids is 1. The summed E-state index contributed by atoms with van der Waals surface area (Å²) in [5.41, 5.74) is 7.73. The SMILES string of the molecule is NC(=O)Cc1ccc(NCc2ccc(O)c(O)c2)cc1. The van der Waals surface area contributed by atoms with Crippen LogP contribution in [0.1, 0.15) is 11.1 Å². The smallest absolute Gasteiger partial charge is 0.221 e. The average molecular weight is 272 g/mol. The molecule has 0 fully saturated rings. The van der Waals surface area contributed by atoms with Crippen molar-refractivity contribution in [2.45, 2.75) is 13.0 Å². The summed E-state index contributed by atoms with van der Waals surface area (Å²) in [6.45, 7) is 0.517. The van der Waals surface area contributed by atoms with Crippen molar-refractivity contribution in [2.24, 2.45) is 5.73 Å². The highest BCUT2D eigenvalue weighted by molar-refractivity contribution is 5.76. The Kier molecular flexibility index (Phi) is 4.10. The minimum absolute atomic E-state index is 0.135. The van der Waals surface area contributed by atoms with Crippen LogP contribution < -0.4 is 11.1 Å². The van der Waals surface area contributed by atoms with Gasteiger partial charge in [0.05, 0.1) is 6.42 Å². The van der Waals surface area contributed by atoms with Crippen LogP contribution in [0.15, 0.2) is 42.5 Å². The number of anilines is 1. The maximum absolute atomic E-state index is 10.8. The van der Waals surface area contributed by atoms with Gasteiger partial charge in [0, 0.05) is 12.2 Å². The van der Waals surface area contributed by atoms with Gasteiger partial charge in [-0.3, -0.25) is 4.79 Å². The zero-order chi connectivity index (χ0) is 14.5. The van der Waals surface area contributed by atoms with E-state index in [0.717, 1.165) is 16.8 Å². The van der Waals surface area contributed by atoms with E-state index in [1.165, 1.54) is 12.1 Å². The lowest BCUT2D eigenvalue weighted by Gasteiger charge is -2.08. The summed E-state index contributed by atoms with van der Waals surface area (Å²) in [7, 11) is 0. The van der Waals surface area contributed by atoms with Gasteiger partial charge < -0.3 is 21.3 Å². The molecule has 0 atom stereocenters. The van der Waals surface area contributed by atoms with E-state index in [1.54, 1.807) is 6.07 Å². The zero-order valence-electron chi connectivity index (χ0n) is 10.8. The molecule has 0 unspecified atom stereocenters. The third-order valence-corrected chi connectivity index (χ3v) is 2.87. The normalized spacial score (nSPS) is 10.2. The van der Waals surface area contributed by atoms with Crippen LogP contribution in [-0.2, 0) is 17.8 Å². The quantitative estimate of drug-likeness (QED) is 0.623. The molecule has 0 saturated heterocycles. The van der Waals surface area contributed by atoms with Gasteiger partial charge in [-0.1, -0.05) is 18.2 Å². The Balaban J connectivity index is 1.96. The van der Waals surface area contributed by atoms with Crippen LogP contribution in [-0.4, -0.2) is 16.1 Å². The summed E-state index contributed by atoms with van der Waals surface area (Å²) in [5, 5.41) is 21.8. The van der Waals surface area contributed by atoms with Crippen LogP contribution in [0.25, 0.3) is 0 Å². The van der Waals surface area contributed by atoms with Crippen molar-refractivity contribution < 1.29 is 15.0 Å². The number of benzene rings is 2. The number of nitrogens with two attached hydrogens (primary N) is 1. The molecule has 0 aliphatic carbocycles. The van der Waals surface area contributed by atoms with Crippen LogP contribution in [0.5, 0.6) is 11.5 Å². The molecule has 104 valence electrons. The number of phenolic OH excluding ortho intramolecular Hbond substituents is 2. The number of aromatic hydroxyl groups is 2. The van der Waals surface area contributed by atoms with Gasteiger partial charge in [0.2, 0.25) is 5.91 Å². The molecule has 1 amide bonds. The first-order valence-corrected chi connectivity index (χ1v) is 6.16. The maximum atomic E-state index is 10.8. The molecule has 2 aromatic carbocycles. The number of phenols is 2. The van der Waals surface area contributed by atoms with Gasteiger partial charge in [-0.05, 0) is 35.4 Å². The maximum Gasteiger partial charge on any atom is 0.221 e. The third-order valence-electron chi connectivity index (χ3n) is 2.87. The molecule has 0 saturated carbocycles. The molecule has 5 N–H and O–H groups in total. The molecule has 0 heterocycles. The molecule has 20 heavy (non-hydrogen) atoms. The monoisotopic (exact) mass is 272 g/mol. The Morgan fingerprint density at radius 2 is 1.65 bits per heavy atom. The van der Waals surface area contributed by atoms with Crippen molar-refractivity contribution in [1.29, 1.82) is 0 Å². The summed E-state index contributed by atoms with van der Waals surface area (Å²) in [4.78, 5) is 10.8. The van der Waals surface area contributed by atoms with Crippen molar-refractivity contribution in [1.82, 2.24) is 0 Å². The van der Waals surface area contributed by atoms with Gasteiger partial charge in [-0.2, -0.15) is 0 Å². The van der Waals surface area contributed by atoms with E-state index in [1.807, 2.05) is 24.3 Å². The van der Waals surface area contributed by atoms with Gasteiger partial charge in [-0.15, -0.1) is 0 Å². The van der Waals surface area contributed by atoms with E-state index in [-0.39, 0.29) is 23.8 Å². The second-order valence-electron chi connectivity index (χ2n) is 4.52. The molecule has 5 heteroatoms. The summed E-state index contributed by atoms with van der Waals surface area (Å²) in [6.07, 6.45) is 0.228. The lowest BCUT2D eigenvalue weighted by atomic mass is 10.1. The first-order chi connectivity index (χ1) is 9.54. The minimum Gasteiger partial charge on any atom is -0.504 e. The van der Waals surface area contributed by atoms with Crippen LogP contribution >= 0.6 is 0 Å². The van der Waals surface area contributed by atoms with E-state index in [0.29, 0.717) is 6.54 Å². The van der Waals surface area contributed by atoms with Crippen molar-refractivity contribution in [3.8, 4) is 11.5 Å². The highest BCUT2D eigenvalue weighted by Crippen LogP contribution is 2.25. The fraction of sp³-hybridized carbons (Fsp3) is 0.133. The summed E-state index contributed by atoms with van der Waals surface area (Å²) in [5.74, 6) is -0.629. The van der Waals surface area contributed by atoms with Gasteiger partial charge in [0.25, 0.3) is 0 Å². The third kappa shape index (κ3) is 3.65. The van der Waals surface area contributed by atoms with Crippen LogP contribution in [0.4, 0.5) is 5.69 Å². The summed E-state index contributed by atoms with van der Waals surface area (Å²) in [6, 6.07) is 12.1. The van der Waals surface area contributed by atoms with E-state index >= 15 is 0 Å². The number of hydrogen-bond acceptors (Lipinski definition) is 4. The van der Waals surface area contributed by atoms with E-state index < -0.39 is 0 Å². The van der Waals surface area contributed by atoms with Gasteiger partial charge in [0.15, 0.2) is 11.5 Å². The van der Waals surface area contributed by atoms with Crippen molar-refractivity contribution in [3.05, 3.63) is 53.6 Å². The number of carbonyl (C=O) groups is 1. The number of amides is 1. The Morgan fingerprint density at radius 1 is 1.00 bits per heavy atom. The Bertz CT molecular complexity index is 609. The Morgan fingerprint density at radius 3 is 2.25 bits per heavy atom. The number of nitrogens with one attached hydrogen (secondary N) is 1. The molecule has 5 nitrogen and oxygen atoms in total. The molecular weight excluding hydrogens is 256 g/mol. The zero-order valence-corrected chi connectivity index (χ0v) is 10.8. The average Bonchev–Trinajstić information content (AvgIpc) is 2.41. The lowest BCUT2D eigenvalue weighted by Crippen LogP contribution is -2.13. The van der Waals surface area contributed by atoms with Gasteiger partial charge in [-0.25, -0.2) is 0 Å². The molecular formula is C15H16N2O3. The van der Waals surface area contributed by atoms with E-state index in [4.69, 9.17) is 5.73 Å². The van der Waals surface area contributed by atoms with Crippen molar-refractivity contribution in [2.75, 3.05) is 5.32 Å². The first kappa shape index (κ1) is 13.7. The fourth-order valence-corrected chi connectivity index (χ4v) is 1.82. The standard InChI is InChI=1S/C15H16N2O3/c16-15(20)8-10-1-4-12(5-2-10)17-9-11-3-6-13(18)14(19)7-11/h1-7,17-19H,8-9H2,(H2,16,20). The van der Waals surface area contributed by atoms with Crippen LogP contribution in [0.2, 0.25) is 0 Å². The highest BCUT2D eigenvalue weighted by Gasteiger charge is 2.01. The molecule has 0 spiro atoms. The lowest BCUT2D eigenvalue weighted by molar-refractivity contribution is -0.117. The van der Waals surface area contributed by atoms with Gasteiger partial charge in [0.1, 0.15) is 0 Å². The molecule has 2 rings (SSSR count).